The summed E-state index contributed by atoms with van der Waals surface area (Å²) < 4.78 is 4.87. The van der Waals surface area contributed by atoms with E-state index in [2.05, 4.69) is 0 Å². The van der Waals surface area contributed by atoms with Crippen LogP contribution in [0.2, 0.25) is 0 Å². The van der Waals surface area contributed by atoms with Crippen molar-refractivity contribution in [2.24, 2.45) is 0 Å². The lowest BCUT2D eigenvalue weighted by atomic mass is 9.96. The van der Waals surface area contributed by atoms with Gasteiger partial charge in [-0.25, -0.2) is 0 Å². The van der Waals surface area contributed by atoms with Crippen molar-refractivity contribution < 1.29 is 14.3 Å². The number of carbonyl (C=O) groups is 2. The average Bonchev–Trinajstić information content (AvgIpc) is 2.31. The molecule has 4 nitrogen and oxygen atoms in total. The fraction of sp³-hybridized carbons (Fsp3) is 0.357. The van der Waals surface area contributed by atoms with Gasteiger partial charge in [0.25, 0.3) is 0 Å². The van der Waals surface area contributed by atoms with Gasteiger partial charge in [-0.15, -0.1) is 0 Å². The van der Waals surface area contributed by atoms with Crippen LogP contribution in [0, 0.1) is 11.3 Å². The van der Waals surface area contributed by atoms with Crippen molar-refractivity contribution >= 4 is 11.8 Å². The van der Waals surface area contributed by atoms with Gasteiger partial charge in [-0.2, -0.15) is 5.26 Å². The molecule has 1 aromatic carbocycles. The van der Waals surface area contributed by atoms with Crippen molar-refractivity contribution in [1.29, 1.82) is 5.26 Å². The molecule has 0 amide bonds. The summed E-state index contributed by atoms with van der Waals surface area (Å²) in [6.45, 7) is 3.51. The van der Waals surface area contributed by atoms with Crippen molar-refractivity contribution in [2.45, 2.75) is 26.7 Å². The Morgan fingerprint density at radius 3 is 2.61 bits per heavy atom. The predicted octanol–water partition coefficient (Wildman–Crippen LogP) is 1.80. The largest absolute Gasteiger partial charge is 0.466 e. The minimum atomic E-state index is -0.384. The summed E-state index contributed by atoms with van der Waals surface area (Å²) in [6.07, 6.45) is 0.254. The van der Waals surface area contributed by atoms with Crippen LogP contribution in [0.25, 0.3) is 0 Å². The maximum atomic E-state index is 11.5. The molecular weight excluding hydrogens is 230 g/mol. The number of ketones is 1. The number of ether oxygens (including phenoxy) is 1. The molecule has 4 heteroatoms. The van der Waals surface area contributed by atoms with E-state index in [0.29, 0.717) is 17.7 Å². The van der Waals surface area contributed by atoms with E-state index in [0.717, 1.165) is 5.56 Å². The fourth-order valence-corrected chi connectivity index (χ4v) is 1.74. The first-order valence-electron chi connectivity index (χ1n) is 5.74. The van der Waals surface area contributed by atoms with Crippen molar-refractivity contribution in [3.05, 3.63) is 34.9 Å². The molecule has 0 fully saturated rings. The Hall–Kier alpha value is -2.15. The maximum absolute atomic E-state index is 11.5. The summed E-state index contributed by atoms with van der Waals surface area (Å²) in [5, 5.41) is 9.03. The number of nitrogens with zero attached hydrogens (tertiary/aromatic N) is 1. The number of hydrogen-bond acceptors (Lipinski definition) is 4. The molecule has 0 atom stereocenters. The Labute approximate surface area is 106 Å². The molecule has 0 radical (unpaired) electrons. The van der Waals surface area contributed by atoms with E-state index in [1.807, 2.05) is 6.07 Å². The zero-order valence-corrected chi connectivity index (χ0v) is 10.5. The summed E-state index contributed by atoms with van der Waals surface area (Å²) >= 11 is 0. The van der Waals surface area contributed by atoms with Gasteiger partial charge in [0.05, 0.1) is 24.7 Å². The maximum Gasteiger partial charge on any atom is 0.310 e. The molecule has 0 spiro atoms. The molecule has 0 aliphatic rings. The highest BCUT2D eigenvalue weighted by atomic mass is 16.5. The van der Waals surface area contributed by atoms with Crippen molar-refractivity contribution in [3.63, 3.8) is 0 Å². The monoisotopic (exact) mass is 245 g/mol. The van der Waals surface area contributed by atoms with Crippen LogP contribution in [0.1, 0.15) is 30.5 Å². The third kappa shape index (κ3) is 3.70. The number of rotatable bonds is 5. The van der Waals surface area contributed by atoms with Gasteiger partial charge >= 0.3 is 5.97 Å². The minimum Gasteiger partial charge on any atom is -0.466 e. The Kier molecular flexibility index (Phi) is 5.06. The summed E-state index contributed by atoms with van der Waals surface area (Å²) in [7, 11) is 0. The van der Waals surface area contributed by atoms with E-state index in [4.69, 9.17) is 10.00 Å². The molecule has 0 aromatic heterocycles. The quantitative estimate of drug-likeness (QED) is 0.742. The van der Waals surface area contributed by atoms with Gasteiger partial charge in [-0.05, 0) is 31.0 Å². The zero-order chi connectivity index (χ0) is 13.5. The summed E-state index contributed by atoms with van der Waals surface area (Å²) in [5.41, 5.74) is 1.73. The summed E-state index contributed by atoms with van der Waals surface area (Å²) in [5.74, 6) is -0.389. The van der Waals surface area contributed by atoms with E-state index in [-0.39, 0.29) is 24.6 Å². The van der Waals surface area contributed by atoms with Crippen LogP contribution in [-0.4, -0.2) is 18.4 Å². The van der Waals surface area contributed by atoms with Gasteiger partial charge in [-0.3, -0.25) is 9.59 Å². The van der Waals surface area contributed by atoms with Gasteiger partial charge < -0.3 is 4.74 Å². The molecule has 0 aliphatic heterocycles. The fourth-order valence-electron chi connectivity index (χ4n) is 1.74. The SMILES string of the molecule is CCOC(=O)Cc1c(C#N)cccc1CC(C)=O. The highest BCUT2D eigenvalue weighted by Crippen LogP contribution is 2.16. The van der Waals surface area contributed by atoms with E-state index < -0.39 is 0 Å². The lowest BCUT2D eigenvalue weighted by molar-refractivity contribution is -0.142. The topological polar surface area (TPSA) is 67.2 Å². The number of benzene rings is 1. The predicted molar refractivity (Wildman–Crippen MR) is 65.9 cm³/mol. The molecule has 0 N–H and O–H groups in total. The Bertz CT molecular complexity index is 500. The van der Waals surface area contributed by atoms with Crippen molar-refractivity contribution in [1.82, 2.24) is 0 Å². The molecule has 0 saturated carbocycles. The second-order valence-corrected chi connectivity index (χ2v) is 3.92. The van der Waals surface area contributed by atoms with Crippen LogP contribution >= 0.6 is 0 Å². The van der Waals surface area contributed by atoms with Crippen molar-refractivity contribution in [3.8, 4) is 6.07 Å². The Balaban J connectivity index is 3.08. The highest BCUT2D eigenvalue weighted by Gasteiger charge is 2.14. The molecule has 0 saturated heterocycles. The van der Waals surface area contributed by atoms with Crippen LogP contribution in [0.15, 0.2) is 18.2 Å². The van der Waals surface area contributed by atoms with E-state index in [1.54, 1.807) is 25.1 Å². The first-order chi connectivity index (χ1) is 8.58. The minimum absolute atomic E-state index is 0.00445. The third-order valence-electron chi connectivity index (χ3n) is 2.46. The highest BCUT2D eigenvalue weighted by molar-refractivity contribution is 5.80. The molecule has 0 bridgehead atoms. The molecule has 1 rings (SSSR count). The molecule has 0 heterocycles. The molecular formula is C14H15NO3. The number of carbonyl (C=O) groups excluding carboxylic acids is 2. The van der Waals surface area contributed by atoms with Crippen LogP contribution in [-0.2, 0) is 27.2 Å². The van der Waals surface area contributed by atoms with Crippen LogP contribution in [0.5, 0.6) is 0 Å². The lowest BCUT2D eigenvalue weighted by Gasteiger charge is -2.09. The first kappa shape index (κ1) is 13.9. The second kappa shape index (κ2) is 6.55. The van der Waals surface area contributed by atoms with Gasteiger partial charge in [0.15, 0.2) is 0 Å². The zero-order valence-electron chi connectivity index (χ0n) is 10.5. The third-order valence-corrected chi connectivity index (χ3v) is 2.46. The van der Waals surface area contributed by atoms with E-state index >= 15 is 0 Å². The summed E-state index contributed by atoms with van der Waals surface area (Å²) in [4.78, 5) is 22.7. The number of esters is 1. The normalized spacial score (nSPS) is 9.61. The van der Waals surface area contributed by atoms with Gasteiger partial charge in [-0.1, -0.05) is 12.1 Å². The molecule has 0 unspecified atom stereocenters. The molecule has 0 aliphatic carbocycles. The van der Waals surface area contributed by atoms with E-state index in [9.17, 15) is 9.59 Å². The molecule has 1 aromatic rings. The Morgan fingerprint density at radius 2 is 2.06 bits per heavy atom. The van der Waals surface area contributed by atoms with Gasteiger partial charge in [0.1, 0.15) is 5.78 Å². The molecule has 94 valence electrons. The summed E-state index contributed by atoms with van der Waals surface area (Å²) in [6, 6.07) is 7.15. The smallest absolute Gasteiger partial charge is 0.310 e. The second-order valence-electron chi connectivity index (χ2n) is 3.92. The van der Waals surface area contributed by atoms with Crippen LogP contribution < -0.4 is 0 Å². The lowest BCUT2D eigenvalue weighted by Crippen LogP contribution is -2.12. The van der Waals surface area contributed by atoms with Gasteiger partial charge in [0, 0.05) is 6.42 Å². The Morgan fingerprint density at radius 1 is 1.33 bits per heavy atom. The van der Waals surface area contributed by atoms with E-state index in [1.165, 1.54) is 6.92 Å². The van der Waals surface area contributed by atoms with Gasteiger partial charge in [0.2, 0.25) is 0 Å². The standard InChI is InChI=1S/C14H15NO3/c1-3-18-14(17)8-13-11(7-10(2)16)5-4-6-12(13)9-15/h4-6H,3,7-8H2,1-2H3. The number of nitriles is 1. The number of Topliss-reactive ketones (excluding diaryl/α,β-unsaturated/α-hetero) is 1. The van der Waals surface area contributed by atoms with Crippen molar-refractivity contribution in [2.75, 3.05) is 6.61 Å². The average molecular weight is 245 g/mol. The van der Waals surface area contributed by atoms with Crippen LogP contribution in [0.3, 0.4) is 0 Å². The number of hydrogen-bond donors (Lipinski definition) is 0. The molecule has 18 heavy (non-hydrogen) atoms. The van der Waals surface area contributed by atoms with Crippen LogP contribution in [0.4, 0.5) is 0 Å². The first-order valence-corrected chi connectivity index (χ1v) is 5.74.